The highest BCUT2D eigenvalue weighted by molar-refractivity contribution is 7.91. The van der Waals surface area contributed by atoms with Crippen molar-refractivity contribution in [3.8, 4) is 11.1 Å². The zero-order valence-corrected chi connectivity index (χ0v) is 64.0. The maximum atomic E-state index is 14.6. The molecule has 0 spiro atoms. The summed E-state index contributed by atoms with van der Waals surface area (Å²) in [5.41, 5.74) is -1.79. The number of amidine groups is 1. The van der Waals surface area contributed by atoms with E-state index in [0.29, 0.717) is 48.6 Å². The molecule has 0 N–H and O–H groups in total. The molecule has 4 aliphatic carbocycles. The van der Waals surface area contributed by atoms with Crippen molar-refractivity contribution in [2.75, 3.05) is 46.1 Å². The molecular formula is C72H58F32N2O12S4. The topological polar surface area (TPSA) is 189 Å². The molecule has 0 saturated carbocycles. The summed E-state index contributed by atoms with van der Waals surface area (Å²) in [4.78, 5) is 1.63. The molecule has 0 aromatic heterocycles. The maximum absolute atomic E-state index is 14.6. The fourth-order valence-electron chi connectivity index (χ4n) is 13.1. The Balaban J connectivity index is 0.00000141. The van der Waals surface area contributed by atoms with Crippen LogP contribution in [0.5, 0.6) is 0 Å². The first-order valence-electron chi connectivity index (χ1n) is 34.8. The molecule has 122 heavy (non-hydrogen) atoms. The number of benzene rings is 4. The number of allylic oxidation sites excluding steroid dienone is 12. The van der Waals surface area contributed by atoms with E-state index in [1.54, 1.807) is 0 Å². The molecule has 50 heteroatoms. The largest absolute Gasteiger partial charge is 0.380 e. The number of rotatable bonds is 33. The van der Waals surface area contributed by atoms with Crippen molar-refractivity contribution in [1.82, 2.24) is 4.90 Å². The maximum Gasteiger partial charge on any atom is 0.380 e. The lowest BCUT2D eigenvalue weighted by Gasteiger charge is -2.31. The summed E-state index contributed by atoms with van der Waals surface area (Å²) < 4.78 is 565. The molecule has 2 aliphatic heterocycles. The van der Waals surface area contributed by atoms with E-state index in [0.717, 1.165) is 55.1 Å². The molecule has 0 amide bonds. The van der Waals surface area contributed by atoms with Crippen molar-refractivity contribution >= 4 is 57.5 Å². The van der Waals surface area contributed by atoms with E-state index >= 15 is 0 Å². The van der Waals surface area contributed by atoms with Crippen LogP contribution in [0.15, 0.2) is 175 Å². The summed E-state index contributed by atoms with van der Waals surface area (Å²) in [6.07, 6.45) is -6.93. The Hall–Kier alpha value is -8.07. The van der Waals surface area contributed by atoms with Crippen LogP contribution in [-0.4, -0.2) is 187 Å². The molecule has 3 unspecified atom stereocenters. The first-order valence-corrected chi connectivity index (χ1v) is 40.4. The monoisotopic (exact) mass is 1880 g/mol. The summed E-state index contributed by atoms with van der Waals surface area (Å²) in [6, 6.07) is 12.2. The Morgan fingerprint density at radius 3 is 1.30 bits per heavy atom. The molecule has 2 heterocycles. The smallest absolute Gasteiger partial charge is 0.360 e. The Morgan fingerprint density at radius 2 is 0.852 bits per heavy atom. The number of hydrogen-bond acceptors (Lipinski definition) is 14. The van der Waals surface area contributed by atoms with Gasteiger partial charge in [0.25, 0.3) is 40.5 Å². The zero-order chi connectivity index (χ0) is 91.6. The molecule has 0 radical (unpaired) electrons. The number of halogens is 32. The fourth-order valence-corrected chi connectivity index (χ4v) is 16.9. The molecule has 4 aromatic rings. The fraction of sp³-hybridized carbons (Fsp3) is 0.458. The van der Waals surface area contributed by atoms with E-state index in [1.165, 1.54) is 93.5 Å². The Kier molecular flexibility index (Phi) is 27.8. The average molecular weight is 1880 g/mol. The Bertz CT molecular complexity index is 5200. The van der Waals surface area contributed by atoms with Crippen LogP contribution < -0.4 is 0 Å². The summed E-state index contributed by atoms with van der Waals surface area (Å²) in [6.45, 7) is -9.45. The van der Waals surface area contributed by atoms with Crippen LogP contribution in [0.2, 0.25) is 0 Å². The van der Waals surface area contributed by atoms with Gasteiger partial charge in [-0.3, -0.25) is 21.7 Å². The highest BCUT2D eigenvalue weighted by Gasteiger charge is 2.79. The third kappa shape index (κ3) is 18.6. The molecule has 1 saturated heterocycles. The van der Waals surface area contributed by atoms with Crippen LogP contribution in [-0.2, 0) is 57.2 Å². The second kappa shape index (κ2) is 34.7. The standard InChI is InChI=1S/C63H42F32O12S4.C9H16N2/c64-48(65)56(80,81)60(88,89)52(72,73)26-104-108(96,97)33-14-18-39-40-19-15-34(109(98,99)105-27-53(74,75)61(90,91)57(82,83)49(66)67)23-44(40)37(43(39)22-33)10-4-8-31-12-13-32(47(31)30-6-2-1-3-7-30)9-5-11-38-45-24-35(110(100,101)106-28-54(76,77)62(92,93)58(84,85)50(68)69)16-20-41(45)42-21-17-36(25-46(38)42)111(102,103)107-29-55(78,79)63(94,95)59(86,87)51(70)71;1-2-5-9-10-6-4-8-11(9)7-3-1/h1-11,14-25,37,39,43,48-51H,12-13,26-29H2;1-8H2/b9-5+,10-4+,31-8+;. The molecule has 6 aliphatic rings. The second-order valence-corrected chi connectivity index (χ2v) is 34.1. The van der Waals surface area contributed by atoms with Crippen LogP contribution in [0.25, 0.3) is 22.3 Å². The van der Waals surface area contributed by atoms with Crippen molar-refractivity contribution in [3.05, 3.63) is 183 Å². The lowest BCUT2D eigenvalue weighted by atomic mass is 9.83. The summed E-state index contributed by atoms with van der Waals surface area (Å²) >= 11 is 0. The normalized spacial score (nSPS) is 19.5. The van der Waals surface area contributed by atoms with Crippen LogP contribution in [0.3, 0.4) is 0 Å². The number of alkyl halides is 32. The number of aliphatic imine (C=N–C) groups is 1. The first kappa shape index (κ1) is 97.7. The predicted octanol–water partition coefficient (Wildman–Crippen LogP) is 20.1. The second-order valence-electron chi connectivity index (χ2n) is 27.7. The van der Waals surface area contributed by atoms with Crippen LogP contribution >= 0.6 is 0 Å². The van der Waals surface area contributed by atoms with Gasteiger partial charge in [-0.25, -0.2) is 35.1 Å². The Labute approximate surface area is 670 Å². The third-order valence-electron chi connectivity index (χ3n) is 19.7. The van der Waals surface area contributed by atoms with Crippen molar-refractivity contribution in [1.29, 1.82) is 0 Å². The van der Waals surface area contributed by atoms with Gasteiger partial charge >= 0.3 is 96.8 Å². The van der Waals surface area contributed by atoms with E-state index in [2.05, 4.69) is 26.6 Å². The van der Waals surface area contributed by atoms with Gasteiger partial charge in [-0.15, -0.1) is 0 Å². The third-order valence-corrected chi connectivity index (χ3v) is 24.8. The Morgan fingerprint density at radius 1 is 0.434 bits per heavy atom. The average Bonchev–Trinajstić information content (AvgIpc) is 1.46. The van der Waals surface area contributed by atoms with Gasteiger partial charge in [-0.1, -0.05) is 104 Å². The van der Waals surface area contributed by atoms with E-state index in [-0.39, 0.29) is 57.4 Å². The van der Waals surface area contributed by atoms with Crippen LogP contribution in [0, 0.1) is 5.92 Å². The van der Waals surface area contributed by atoms with Gasteiger partial charge in [0.05, 0.1) is 25.4 Å². The molecule has 1 fully saturated rings. The quantitative estimate of drug-likeness (QED) is 0.0285. The van der Waals surface area contributed by atoms with Crippen molar-refractivity contribution < 1.29 is 191 Å². The molecular weight excluding hydrogens is 1820 g/mol. The SMILES string of the molecule is C1CCC2=NCCCN2CC1.O=S(=O)(OCC(F)(F)C(F)(F)C(F)(F)C(F)F)C1=CC2C(C=C1)c1ccc(S(=O)(=O)OCC(F)(F)C(F)(F)C(F)(F)C(F)F)cc1C2/C=C/C=C1\CCC(/C=C/C=C2c3cc(S(=O)(=O)OCC(F)(F)C(F)(F)C(F)(F)C(F)F)ccc3-c3ccc(S(=O)(=O)OCC(F)(F)C(F)(F)C(F)(F)C(F)F)cc32)=C1c1ccccc1. The number of fused-ring (bicyclic) bond motifs is 7. The first-order chi connectivity index (χ1) is 55.9. The summed E-state index contributed by atoms with van der Waals surface area (Å²) in [5.74, 6) is -84.2. The highest BCUT2D eigenvalue weighted by Crippen LogP contribution is 2.57. The van der Waals surface area contributed by atoms with Crippen LogP contribution in [0.1, 0.15) is 84.6 Å². The minimum atomic E-state index is -7.03. The number of nitrogens with zero attached hydrogens (tertiary/aromatic N) is 2. The van der Waals surface area contributed by atoms with E-state index in [1.807, 2.05) is 0 Å². The van der Waals surface area contributed by atoms with Crippen molar-refractivity contribution in [3.63, 3.8) is 0 Å². The lowest BCUT2D eigenvalue weighted by Crippen LogP contribution is -2.59. The van der Waals surface area contributed by atoms with E-state index in [9.17, 15) is 174 Å². The van der Waals surface area contributed by atoms with Crippen molar-refractivity contribution in [2.45, 2.75) is 168 Å². The van der Waals surface area contributed by atoms with Gasteiger partial charge < -0.3 is 4.90 Å². The van der Waals surface area contributed by atoms with Crippen molar-refractivity contribution in [2.24, 2.45) is 10.9 Å². The minimum absolute atomic E-state index is 0.107. The summed E-state index contributed by atoms with van der Waals surface area (Å²) in [7, 11) is -23.8. The minimum Gasteiger partial charge on any atom is -0.360 e. The van der Waals surface area contributed by atoms with Gasteiger partial charge in [-0.05, 0) is 142 Å². The molecule has 3 atom stereocenters. The number of hydrogen-bond donors (Lipinski definition) is 0. The molecule has 10 rings (SSSR count). The highest BCUT2D eigenvalue weighted by atomic mass is 32.2. The zero-order valence-electron chi connectivity index (χ0n) is 60.7. The van der Waals surface area contributed by atoms with Gasteiger partial charge in [-0.2, -0.15) is 139 Å². The predicted molar refractivity (Wildman–Crippen MR) is 365 cm³/mol. The molecule has 4 aromatic carbocycles. The molecule has 676 valence electrons. The van der Waals surface area contributed by atoms with E-state index in [4.69, 9.17) is 0 Å². The van der Waals surface area contributed by atoms with Crippen LogP contribution in [0.4, 0.5) is 140 Å². The summed E-state index contributed by atoms with van der Waals surface area (Å²) in [5, 5.41) is 0. The van der Waals surface area contributed by atoms with Gasteiger partial charge in [0.2, 0.25) is 0 Å². The molecule has 14 nitrogen and oxygen atoms in total. The van der Waals surface area contributed by atoms with Gasteiger partial charge in [0, 0.05) is 37.9 Å². The van der Waals surface area contributed by atoms with E-state index < -0.39 is 218 Å². The molecule has 0 bridgehead atoms. The lowest BCUT2D eigenvalue weighted by molar-refractivity contribution is -0.342. The van der Waals surface area contributed by atoms with Gasteiger partial charge in [0.15, 0.2) is 0 Å². The van der Waals surface area contributed by atoms with Gasteiger partial charge in [0.1, 0.15) is 26.4 Å².